The number of aldehydes is 1. The Kier molecular flexibility index (Phi) is 11.7. The molecule has 1 amide bonds. The second-order valence-corrected chi connectivity index (χ2v) is 19.7. The molecule has 1 saturated heterocycles. The maximum Gasteiger partial charge on any atom is 0.439 e. The summed E-state index contributed by atoms with van der Waals surface area (Å²) in [7, 11) is -2.59. The van der Waals surface area contributed by atoms with Crippen molar-refractivity contribution in [1.29, 1.82) is 0 Å². The van der Waals surface area contributed by atoms with Gasteiger partial charge in [-0.3, -0.25) is 9.63 Å². The largest absolute Gasteiger partial charge is 0.543 e. The second-order valence-electron chi connectivity index (χ2n) is 15.0. The van der Waals surface area contributed by atoms with E-state index in [0.29, 0.717) is 11.8 Å². The van der Waals surface area contributed by atoms with Gasteiger partial charge in [-0.15, -0.1) is 0 Å². The summed E-state index contributed by atoms with van der Waals surface area (Å²) in [6.07, 6.45) is 4.51. The highest BCUT2D eigenvalue weighted by molar-refractivity contribution is 6.74. The predicted molar refractivity (Wildman–Crippen MR) is 181 cm³/mol. The van der Waals surface area contributed by atoms with E-state index in [4.69, 9.17) is 28.2 Å². The van der Waals surface area contributed by atoms with Crippen molar-refractivity contribution < 1.29 is 47.4 Å². The number of carbonyl (C=O) groups excluding carboxylic acids is 4. The molecule has 0 radical (unpaired) electrons. The van der Waals surface area contributed by atoms with Gasteiger partial charge in [-0.25, -0.2) is 9.59 Å². The van der Waals surface area contributed by atoms with Gasteiger partial charge in [-0.05, 0) is 83.8 Å². The summed E-state index contributed by atoms with van der Waals surface area (Å²) in [5, 5.41) is 0.625. The Morgan fingerprint density at radius 1 is 1.06 bits per heavy atom. The van der Waals surface area contributed by atoms with Gasteiger partial charge in [0.05, 0.1) is 11.8 Å². The molecule has 2 heterocycles. The van der Waals surface area contributed by atoms with E-state index in [2.05, 4.69) is 20.8 Å². The maximum absolute atomic E-state index is 14.1. The van der Waals surface area contributed by atoms with Crippen LogP contribution in [0.5, 0.6) is 5.75 Å². The van der Waals surface area contributed by atoms with Gasteiger partial charge in [-0.2, -0.15) is 5.06 Å². The number of amides is 1. The summed E-state index contributed by atoms with van der Waals surface area (Å²) in [6, 6.07) is 3.10. The lowest BCUT2D eigenvalue weighted by Crippen LogP contribution is -2.44. The minimum absolute atomic E-state index is 0.158. The van der Waals surface area contributed by atoms with E-state index in [1.165, 1.54) is 12.1 Å². The lowest BCUT2D eigenvalue weighted by molar-refractivity contribution is -0.152. The third kappa shape index (κ3) is 9.85. The minimum Gasteiger partial charge on any atom is -0.543 e. The van der Waals surface area contributed by atoms with Crippen LogP contribution < -0.4 is 9.49 Å². The lowest BCUT2D eigenvalue weighted by Gasteiger charge is -2.37. The molecule has 0 aromatic heterocycles. The summed E-state index contributed by atoms with van der Waals surface area (Å²) >= 11 is 0. The molecule has 3 rings (SSSR count). The van der Waals surface area contributed by atoms with Crippen molar-refractivity contribution >= 4 is 44.2 Å². The number of esters is 1. The van der Waals surface area contributed by atoms with Crippen molar-refractivity contribution in [3.8, 4) is 5.75 Å². The van der Waals surface area contributed by atoms with Crippen LogP contribution in [-0.2, 0) is 33.4 Å². The SMILES string of the molecule is C[C@@H]1C=CC(=O)[C@H]2OC(C)(C)O[C@H]2CC=Cc2cc(N(OCC=O)C(=O)OC(C)(C)C)cc(O[Si](C)(C)C(C)(C)C)c2C(=O)O[C@H]1C. The normalized spacial score (nSPS) is 23.7. The smallest absolute Gasteiger partial charge is 0.439 e. The van der Waals surface area contributed by atoms with Gasteiger partial charge in [-0.1, -0.05) is 45.9 Å². The quantitative estimate of drug-likeness (QED) is 0.133. The van der Waals surface area contributed by atoms with E-state index < -0.39 is 56.7 Å². The monoisotopic (exact) mass is 673 g/mol. The second kappa shape index (κ2) is 14.4. The molecule has 12 heteroatoms. The molecular weight excluding hydrogens is 622 g/mol. The third-order valence-electron chi connectivity index (χ3n) is 8.29. The van der Waals surface area contributed by atoms with Gasteiger partial charge in [0, 0.05) is 12.0 Å². The van der Waals surface area contributed by atoms with Crippen molar-refractivity contribution in [2.24, 2.45) is 5.92 Å². The van der Waals surface area contributed by atoms with Crippen LogP contribution in [0.1, 0.15) is 91.6 Å². The number of anilines is 1. The number of fused-ring (bicyclic) bond motifs is 2. The van der Waals surface area contributed by atoms with Crippen LogP contribution in [0.3, 0.4) is 0 Å². The number of nitrogens with zero attached hydrogens (tertiary/aromatic N) is 1. The first-order valence-electron chi connectivity index (χ1n) is 16.0. The molecule has 11 nitrogen and oxygen atoms in total. The molecule has 1 aromatic rings. The topological polar surface area (TPSA) is 127 Å². The van der Waals surface area contributed by atoms with Crippen LogP contribution in [0.2, 0.25) is 18.1 Å². The average Bonchev–Trinajstić information content (AvgIpc) is 3.23. The Morgan fingerprint density at radius 2 is 1.72 bits per heavy atom. The average molecular weight is 674 g/mol. The van der Waals surface area contributed by atoms with Crippen LogP contribution in [0, 0.1) is 5.92 Å². The summed E-state index contributed by atoms with van der Waals surface area (Å²) in [5.74, 6) is -1.98. The first kappa shape index (κ1) is 38.1. The van der Waals surface area contributed by atoms with Crippen molar-refractivity contribution in [1.82, 2.24) is 0 Å². The Labute approximate surface area is 279 Å². The van der Waals surface area contributed by atoms with Crippen molar-refractivity contribution in [3.05, 3.63) is 41.5 Å². The summed E-state index contributed by atoms with van der Waals surface area (Å²) in [4.78, 5) is 57.5. The number of rotatable bonds is 6. The van der Waals surface area contributed by atoms with E-state index in [1.807, 2.05) is 20.0 Å². The molecule has 2 aliphatic heterocycles. The van der Waals surface area contributed by atoms with Crippen LogP contribution >= 0.6 is 0 Å². The van der Waals surface area contributed by atoms with E-state index >= 15 is 0 Å². The molecule has 260 valence electrons. The fourth-order valence-corrected chi connectivity index (χ4v) is 5.67. The fourth-order valence-electron chi connectivity index (χ4n) is 4.65. The van der Waals surface area contributed by atoms with Crippen molar-refractivity contribution in [2.45, 2.75) is 123 Å². The molecule has 0 unspecified atom stereocenters. The van der Waals surface area contributed by atoms with Gasteiger partial charge >= 0.3 is 12.1 Å². The number of cyclic esters (lactones) is 1. The minimum atomic E-state index is -2.59. The fraction of sp³-hybridized carbons (Fsp3) is 0.600. The van der Waals surface area contributed by atoms with Gasteiger partial charge < -0.3 is 28.2 Å². The highest BCUT2D eigenvalue weighted by Gasteiger charge is 2.44. The Morgan fingerprint density at radius 3 is 2.32 bits per heavy atom. The van der Waals surface area contributed by atoms with Gasteiger partial charge in [0.2, 0.25) is 0 Å². The Bertz CT molecular complexity index is 1400. The molecule has 0 bridgehead atoms. The standard InChI is InChI=1S/C35H51NO10Si/c1-22-16-17-26(38)30-27(43-35(9,10)44-30)15-13-14-24-20-25(36(41-19-18-37)32(40)45-33(3,4)5)21-28(29(24)31(39)42-23(22)2)46-47(11,12)34(6,7)8/h13-14,16-18,20-23,27,30H,15,19H2,1-12H3/t22-,23+,27+,30-/m1/s1. The van der Waals surface area contributed by atoms with Gasteiger partial charge in [0.25, 0.3) is 8.32 Å². The van der Waals surface area contributed by atoms with Crippen LogP contribution in [0.4, 0.5) is 10.5 Å². The van der Waals surface area contributed by atoms with Crippen LogP contribution in [0.25, 0.3) is 6.08 Å². The lowest BCUT2D eigenvalue weighted by atomic mass is 9.99. The molecule has 0 aliphatic carbocycles. The van der Waals surface area contributed by atoms with E-state index in [-0.39, 0.29) is 40.2 Å². The highest BCUT2D eigenvalue weighted by atomic mass is 28.4. The molecule has 2 aliphatic rings. The van der Waals surface area contributed by atoms with E-state index in [1.54, 1.807) is 65.8 Å². The third-order valence-corrected chi connectivity index (χ3v) is 12.6. The number of ketones is 1. The number of hydrogen-bond acceptors (Lipinski definition) is 10. The molecule has 0 N–H and O–H groups in total. The number of hydroxylamine groups is 1. The van der Waals surface area contributed by atoms with Gasteiger partial charge in [0.1, 0.15) is 42.0 Å². The Hall–Kier alpha value is -3.32. The van der Waals surface area contributed by atoms with E-state index in [0.717, 1.165) is 5.06 Å². The zero-order valence-electron chi connectivity index (χ0n) is 29.8. The summed E-state index contributed by atoms with van der Waals surface area (Å²) in [6.45, 7) is 22.1. The number of carbonyl (C=O) groups is 4. The molecular formula is C35H51NO10Si. The molecule has 0 saturated carbocycles. The first-order chi connectivity index (χ1) is 21.5. The molecule has 4 atom stereocenters. The summed E-state index contributed by atoms with van der Waals surface area (Å²) in [5.41, 5.74) is -0.181. The number of ether oxygens (including phenoxy) is 4. The number of hydrogen-bond donors (Lipinski definition) is 0. The zero-order valence-corrected chi connectivity index (χ0v) is 30.8. The Balaban J connectivity index is 2.30. The highest BCUT2D eigenvalue weighted by Crippen LogP contribution is 2.41. The molecule has 47 heavy (non-hydrogen) atoms. The van der Waals surface area contributed by atoms with Crippen LogP contribution in [0.15, 0.2) is 30.4 Å². The maximum atomic E-state index is 14.1. The molecule has 1 fully saturated rings. The summed E-state index contributed by atoms with van der Waals surface area (Å²) < 4.78 is 30.4. The van der Waals surface area contributed by atoms with Gasteiger partial charge in [0.15, 0.2) is 11.6 Å². The van der Waals surface area contributed by atoms with E-state index in [9.17, 15) is 19.2 Å². The van der Waals surface area contributed by atoms with Crippen molar-refractivity contribution in [2.75, 3.05) is 11.7 Å². The zero-order chi connectivity index (χ0) is 35.5. The number of benzene rings is 1. The first-order valence-corrected chi connectivity index (χ1v) is 18.9. The predicted octanol–water partition coefficient (Wildman–Crippen LogP) is 7.19. The molecule has 1 aromatic carbocycles. The molecule has 0 spiro atoms. The van der Waals surface area contributed by atoms with Crippen molar-refractivity contribution in [3.63, 3.8) is 0 Å². The van der Waals surface area contributed by atoms with Crippen LogP contribution in [-0.4, -0.2) is 68.8 Å².